The summed E-state index contributed by atoms with van der Waals surface area (Å²) < 4.78 is 26.8. The number of phenolic OH excluding ortho intramolecular Hbond substituents is 1. The van der Waals surface area contributed by atoms with Crippen LogP contribution in [0.1, 0.15) is 5.56 Å². The van der Waals surface area contributed by atoms with Crippen molar-refractivity contribution in [1.82, 2.24) is 0 Å². The summed E-state index contributed by atoms with van der Waals surface area (Å²) in [5.74, 6) is 0.0961. The van der Waals surface area contributed by atoms with Gasteiger partial charge in [0.25, 0.3) is 10.0 Å². The lowest BCUT2D eigenvalue weighted by atomic mass is 10.2. The number of aryl methyl sites for hydroxylation is 1. The molecule has 7 heteroatoms. The Balaban J connectivity index is 2.37. The lowest BCUT2D eigenvalue weighted by molar-refractivity contribution is 0.471. The maximum atomic E-state index is 12.2. The molecule has 2 aromatic carbocycles. The number of aromatic hydroxyl groups is 1. The summed E-state index contributed by atoms with van der Waals surface area (Å²) in [7, 11) is -3.79. The Kier molecular flexibility index (Phi) is 4.13. The first-order chi connectivity index (χ1) is 9.28. The van der Waals surface area contributed by atoms with Gasteiger partial charge in [-0.25, -0.2) is 8.42 Å². The largest absolute Gasteiger partial charge is 0.508 e. The molecule has 0 spiro atoms. The first-order valence-electron chi connectivity index (χ1n) is 5.56. The monoisotopic (exact) mass is 331 g/mol. The van der Waals surface area contributed by atoms with Gasteiger partial charge in [-0.3, -0.25) is 4.72 Å². The molecular weight excluding hydrogens is 321 g/mol. The molecule has 0 aliphatic carbocycles. The van der Waals surface area contributed by atoms with Gasteiger partial charge >= 0.3 is 0 Å². The number of benzene rings is 2. The molecule has 0 fully saturated rings. The molecule has 0 radical (unpaired) electrons. The van der Waals surface area contributed by atoms with Gasteiger partial charge in [-0.05, 0) is 48.9 Å². The number of anilines is 1. The zero-order valence-corrected chi connectivity index (χ0v) is 12.7. The lowest BCUT2D eigenvalue weighted by Crippen LogP contribution is -2.13. The molecule has 0 bridgehead atoms. The van der Waals surface area contributed by atoms with E-state index in [1.165, 1.54) is 36.4 Å². The first kappa shape index (κ1) is 15.0. The smallest absolute Gasteiger partial charge is 0.261 e. The minimum absolute atomic E-state index is 0.0271. The topological polar surface area (TPSA) is 66.4 Å². The highest BCUT2D eigenvalue weighted by Crippen LogP contribution is 2.26. The third-order valence-electron chi connectivity index (χ3n) is 2.60. The summed E-state index contributed by atoms with van der Waals surface area (Å²) in [5, 5.41) is 9.89. The molecule has 0 unspecified atom stereocenters. The van der Waals surface area contributed by atoms with E-state index in [9.17, 15) is 13.5 Å². The number of hydrogen-bond donors (Lipinski definition) is 2. The van der Waals surface area contributed by atoms with E-state index in [0.29, 0.717) is 11.3 Å². The Hall–Kier alpha value is -1.43. The Labute approximate surface area is 127 Å². The summed E-state index contributed by atoms with van der Waals surface area (Å²) >= 11 is 11.6. The second kappa shape index (κ2) is 5.52. The molecule has 0 amide bonds. The molecule has 0 aliphatic heterocycles. The van der Waals surface area contributed by atoms with Crippen molar-refractivity contribution in [3.8, 4) is 5.75 Å². The summed E-state index contributed by atoms with van der Waals surface area (Å²) in [5.41, 5.74) is 0.908. The van der Waals surface area contributed by atoms with E-state index >= 15 is 0 Å². The van der Waals surface area contributed by atoms with E-state index in [4.69, 9.17) is 23.2 Å². The Morgan fingerprint density at radius 3 is 2.20 bits per heavy atom. The number of nitrogens with one attached hydrogen (secondary N) is 1. The van der Waals surface area contributed by atoms with Crippen LogP contribution >= 0.6 is 23.2 Å². The minimum atomic E-state index is -3.79. The van der Waals surface area contributed by atoms with E-state index < -0.39 is 10.0 Å². The van der Waals surface area contributed by atoms with Gasteiger partial charge in [0.05, 0.1) is 4.90 Å². The summed E-state index contributed by atoms with van der Waals surface area (Å²) in [4.78, 5) is -0.0271. The van der Waals surface area contributed by atoms with E-state index in [-0.39, 0.29) is 20.7 Å². The van der Waals surface area contributed by atoms with Crippen LogP contribution in [0.15, 0.2) is 41.3 Å². The van der Waals surface area contributed by atoms with Gasteiger partial charge in [0, 0.05) is 15.7 Å². The van der Waals surface area contributed by atoms with Gasteiger partial charge in [0.2, 0.25) is 0 Å². The third kappa shape index (κ3) is 3.36. The number of halogens is 2. The molecule has 20 heavy (non-hydrogen) atoms. The normalized spacial score (nSPS) is 11.3. The molecule has 0 aromatic heterocycles. The Morgan fingerprint density at radius 1 is 1.05 bits per heavy atom. The van der Waals surface area contributed by atoms with Crippen molar-refractivity contribution in [3.63, 3.8) is 0 Å². The fourth-order valence-corrected chi connectivity index (χ4v) is 3.39. The van der Waals surface area contributed by atoms with Crippen LogP contribution in [0.5, 0.6) is 5.75 Å². The Morgan fingerprint density at radius 2 is 1.65 bits per heavy atom. The van der Waals surface area contributed by atoms with E-state index in [2.05, 4.69) is 4.72 Å². The number of rotatable bonds is 3. The van der Waals surface area contributed by atoms with E-state index in [1.807, 2.05) is 0 Å². The van der Waals surface area contributed by atoms with Gasteiger partial charge in [0.1, 0.15) is 5.75 Å². The van der Waals surface area contributed by atoms with Crippen LogP contribution in [-0.2, 0) is 10.0 Å². The molecule has 4 nitrogen and oxygen atoms in total. The highest BCUT2D eigenvalue weighted by Gasteiger charge is 2.16. The molecule has 0 atom stereocenters. The van der Waals surface area contributed by atoms with Crippen LogP contribution in [0.4, 0.5) is 5.69 Å². The van der Waals surface area contributed by atoms with Crippen LogP contribution in [0.2, 0.25) is 10.0 Å². The van der Waals surface area contributed by atoms with E-state index in [1.54, 1.807) is 6.92 Å². The minimum Gasteiger partial charge on any atom is -0.508 e. The standard InChI is InChI=1S/C13H11Cl2NO3S/c1-8-4-11(2-3-13(8)17)16-20(18,19)12-6-9(14)5-10(15)7-12/h2-7,16-17H,1H3. The third-order valence-corrected chi connectivity index (χ3v) is 4.39. The summed E-state index contributed by atoms with van der Waals surface area (Å²) in [6.07, 6.45) is 0. The van der Waals surface area contributed by atoms with Crippen molar-refractivity contribution in [3.05, 3.63) is 52.0 Å². The van der Waals surface area contributed by atoms with Crippen LogP contribution < -0.4 is 4.72 Å². The summed E-state index contributed by atoms with van der Waals surface area (Å²) in [6.45, 7) is 1.67. The van der Waals surface area contributed by atoms with Gasteiger partial charge in [-0.1, -0.05) is 23.2 Å². The van der Waals surface area contributed by atoms with Gasteiger partial charge < -0.3 is 5.11 Å². The van der Waals surface area contributed by atoms with Crippen molar-refractivity contribution in [2.45, 2.75) is 11.8 Å². The molecule has 0 saturated carbocycles. The maximum Gasteiger partial charge on any atom is 0.261 e. The molecule has 2 aromatic rings. The highest BCUT2D eigenvalue weighted by molar-refractivity contribution is 7.92. The molecule has 0 saturated heterocycles. The quantitative estimate of drug-likeness (QED) is 0.840. The predicted octanol–water partition coefficient (Wildman–Crippen LogP) is 3.81. The molecule has 2 N–H and O–H groups in total. The zero-order valence-electron chi connectivity index (χ0n) is 10.4. The van der Waals surface area contributed by atoms with Gasteiger partial charge in [-0.2, -0.15) is 0 Å². The van der Waals surface area contributed by atoms with Crippen molar-refractivity contribution in [2.24, 2.45) is 0 Å². The van der Waals surface area contributed by atoms with Crippen molar-refractivity contribution in [1.29, 1.82) is 0 Å². The lowest BCUT2D eigenvalue weighted by Gasteiger charge is -2.10. The number of hydrogen-bond acceptors (Lipinski definition) is 3. The average molecular weight is 332 g/mol. The van der Waals surface area contributed by atoms with Crippen molar-refractivity contribution < 1.29 is 13.5 Å². The van der Waals surface area contributed by atoms with Crippen molar-refractivity contribution in [2.75, 3.05) is 4.72 Å². The molecule has 0 heterocycles. The highest BCUT2D eigenvalue weighted by atomic mass is 35.5. The fraction of sp³-hybridized carbons (Fsp3) is 0.0769. The second-order valence-corrected chi connectivity index (χ2v) is 6.77. The van der Waals surface area contributed by atoms with Gasteiger partial charge in [0.15, 0.2) is 0 Å². The average Bonchev–Trinajstić information content (AvgIpc) is 2.32. The zero-order chi connectivity index (χ0) is 14.9. The maximum absolute atomic E-state index is 12.2. The van der Waals surface area contributed by atoms with Crippen LogP contribution in [0.3, 0.4) is 0 Å². The van der Waals surface area contributed by atoms with Crippen LogP contribution in [-0.4, -0.2) is 13.5 Å². The molecule has 0 aliphatic rings. The first-order valence-corrected chi connectivity index (χ1v) is 7.80. The fourth-order valence-electron chi connectivity index (χ4n) is 1.62. The molecule has 2 rings (SSSR count). The van der Waals surface area contributed by atoms with Crippen LogP contribution in [0, 0.1) is 6.92 Å². The second-order valence-electron chi connectivity index (χ2n) is 4.21. The van der Waals surface area contributed by atoms with Crippen LogP contribution in [0.25, 0.3) is 0 Å². The molecular formula is C13H11Cl2NO3S. The Bertz CT molecular complexity index is 740. The number of phenols is 1. The van der Waals surface area contributed by atoms with E-state index in [0.717, 1.165) is 0 Å². The predicted molar refractivity (Wildman–Crippen MR) is 80.1 cm³/mol. The summed E-state index contributed by atoms with van der Waals surface area (Å²) in [6, 6.07) is 8.47. The SMILES string of the molecule is Cc1cc(NS(=O)(=O)c2cc(Cl)cc(Cl)c2)ccc1O. The molecule has 106 valence electrons. The van der Waals surface area contributed by atoms with Crippen molar-refractivity contribution >= 4 is 38.9 Å². The van der Waals surface area contributed by atoms with Gasteiger partial charge in [-0.15, -0.1) is 0 Å². The number of sulfonamides is 1.